The molecule has 1 aromatic carbocycles. The Morgan fingerprint density at radius 3 is 3.04 bits per heavy atom. The number of rotatable bonds is 5. The number of nitrogens with one attached hydrogen (secondary N) is 2. The quantitative estimate of drug-likeness (QED) is 0.634. The molecule has 3 rings (SSSR count). The van der Waals surface area contributed by atoms with Gasteiger partial charge in [0.25, 0.3) is 0 Å². The molecule has 7 nitrogen and oxygen atoms in total. The molecule has 1 aliphatic rings. The van der Waals surface area contributed by atoms with Crippen LogP contribution in [0.1, 0.15) is 17.5 Å². The lowest BCUT2D eigenvalue weighted by Crippen LogP contribution is -2.38. The zero-order chi connectivity index (χ0) is 19.4. The smallest absolute Gasteiger partial charge is 0.229 e. The summed E-state index contributed by atoms with van der Waals surface area (Å²) in [5, 5.41) is 25.7. The molecular formula is C18H19BrClN5O2. The van der Waals surface area contributed by atoms with E-state index in [-0.39, 0.29) is 18.6 Å². The first kappa shape index (κ1) is 19.8. The lowest BCUT2D eigenvalue weighted by Gasteiger charge is -2.28. The van der Waals surface area contributed by atoms with Gasteiger partial charge < -0.3 is 20.5 Å². The predicted molar refractivity (Wildman–Crippen MR) is 107 cm³/mol. The minimum absolute atomic E-state index is 0.117. The molecule has 0 unspecified atom stereocenters. The lowest BCUT2D eigenvalue weighted by atomic mass is 9.96. The van der Waals surface area contributed by atoms with Gasteiger partial charge in [-0.05, 0) is 47.0 Å². The number of aromatic nitrogens is 2. The van der Waals surface area contributed by atoms with Crippen LogP contribution in [-0.2, 0) is 11.3 Å². The summed E-state index contributed by atoms with van der Waals surface area (Å²) in [5.74, 6) is 0.909. The third kappa shape index (κ3) is 4.68. The Balaban J connectivity index is 1.81. The summed E-state index contributed by atoms with van der Waals surface area (Å²) >= 11 is 9.54. The van der Waals surface area contributed by atoms with Crippen LogP contribution in [0.3, 0.4) is 0 Å². The maximum atomic E-state index is 9.45. The van der Waals surface area contributed by atoms with E-state index in [1.54, 1.807) is 18.3 Å². The van der Waals surface area contributed by atoms with Gasteiger partial charge in [0, 0.05) is 28.5 Å². The minimum Gasteiger partial charge on any atom is -0.392 e. The summed E-state index contributed by atoms with van der Waals surface area (Å²) in [5.41, 5.74) is 2.19. The molecule has 2 aromatic rings. The summed E-state index contributed by atoms with van der Waals surface area (Å²) in [6, 6.07) is 5.71. The molecule has 0 spiro atoms. The highest BCUT2D eigenvalue weighted by Crippen LogP contribution is 2.31. The van der Waals surface area contributed by atoms with Crippen LogP contribution >= 0.6 is 27.5 Å². The molecule has 1 saturated heterocycles. The van der Waals surface area contributed by atoms with E-state index in [2.05, 4.69) is 42.6 Å². The predicted octanol–water partition coefficient (Wildman–Crippen LogP) is 3.78. The Morgan fingerprint density at radius 1 is 1.48 bits per heavy atom. The fourth-order valence-corrected chi connectivity index (χ4v) is 3.41. The van der Waals surface area contributed by atoms with Crippen LogP contribution in [0.25, 0.3) is 0 Å². The van der Waals surface area contributed by atoms with Gasteiger partial charge in [-0.15, -0.1) is 0 Å². The normalized spacial score (nSPS) is 19.4. The summed E-state index contributed by atoms with van der Waals surface area (Å²) in [6.07, 6.45) is 2.40. The highest BCUT2D eigenvalue weighted by atomic mass is 79.9. The second kappa shape index (κ2) is 8.85. The number of aryl methyl sites for hydroxylation is 1. The van der Waals surface area contributed by atoms with Crippen molar-refractivity contribution in [2.24, 2.45) is 5.92 Å². The Bertz CT molecular complexity index is 874. The van der Waals surface area contributed by atoms with E-state index in [4.69, 9.17) is 16.3 Å². The molecule has 1 aliphatic heterocycles. The van der Waals surface area contributed by atoms with Crippen molar-refractivity contribution in [3.63, 3.8) is 0 Å². The van der Waals surface area contributed by atoms with E-state index in [1.165, 1.54) is 0 Å². The molecule has 2 heterocycles. The number of nitriles is 1. The first-order valence-electron chi connectivity index (χ1n) is 8.45. The van der Waals surface area contributed by atoms with Crippen molar-refractivity contribution in [2.75, 3.05) is 23.8 Å². The van der Waals surface area contributed by atoms with Crippen molar-refractivity contribution in [3.8, 4) is 6.07 Å². The summed E-state index contributed by atoms with van der Waals surface area (Å²) < 4.78 is 6.14. The van der Waals surface area contributed by atoms with Crippen LogP contribution in [0.2, 0.25) is 5.02 Å². The van der Waals surface area contributed by atoms with Gasteiger partial charge in [-0.2, -0.15) is 10.2 Å². The SMILES string of the molecule is Cc1cnc(Nc2cc(Cl)c(Br)c(CO)c2)nc1N[C@H]1COCC[C@@H]1C#N. The third-order valence-electron chi connectivity index (χ3n) is 4.35. The number of hydrogen-bond acceptors (Lipinski definition) is 7. The highest BCUT2D eigenvalue weighted by Gasteiger charge is 2.26. The van der Waals surface area contributed by atoms with Gasteiger partial charge >= 0.3 is 0 Å². The largest absolute Gasteiger partial charge is 0.392 e. The Kier molecular flexibility index (Phi) is 6.50. The first-order chi connectivity index (χ1) is 13.0. The molecule has 0 amide bonds. The number of halogens is 2. The van der Waals surface area contributed by atoms with E-state index in [0.717, 1.165) is 5.56 Å². The fraction of sp³-hybridized carbons (Fsp3) is 0.389. The number of nitrogens with zero attached hydrogens (tertiary/aromatic N) is 3. The van der Waals surface area contributed by atoms with Crippen molar-refractivity contribution in [3.05, 3.63) is 39.0 Å². The molecule has 0 saturated carbocycles. The summed E-state index contributed by atoms with van der Waals surface area (Å²) in [4.78, 5) is 8.82. The second-order valence-corrected chi connectivity index (χ2v) is 7.49. The van der Waals surface area contributed by atoms with Crippen LogP contribution in [0.5, 0.6) is 0 Å². The monoisotopic (exact) mass is 451 g/mol. The van der Waals surface area contributed by atoms with Crippen molar-refractivity contribution in [1.82, 2.24) is 9.97 Å². The average molecular weight is 453 g/mol. The second-order valence-electron chi connectivity index (χ2n) is 6.29. The molecule has 0 radical (unpaired) electrons. The Morgan fingerprint density at radius 2 is 2.30 bits per heavy atom. The number of benzene rings is 1. The Hall–Kier alpha value is -1.92. The minimum atomic E-state index is -0.144. The van der Waals surface area contributed by atoms with Gasteiger partial charge in [-0.3, -0.25) is 0 Å². The number of hydrogen-bond donors (Lipinski definition) is 3. The van der Waals surface area contributed by atoms with E-state index >= 15 is 0 Å². The topological polar surface area (TPSA) is 103 Å². The molecule has 0 bridgehead atoms. The van der Waals surface area contributed by atoms with Gasteiger partial charge in [0.1, 0.15) is 5.82 Å². The van der Waals surface area contributed by atoms with Gasteiger partial charge in [0.05, 0.1) is 36.3 Å². The molecule has 1 fully saturated rings. The van der Waals surface area contributed by atoms with E-state index in [0.29, 0.717) is 52.1 Å². The number of aliphatic hydroxyl groups excluding tert-OH is 1. The molecule has 0 aliphatic carbocycles. The molecule has 1 aromatic heterocycles. The number of ether oxygens (including phenoxy) is 1. The molecule has 27 heavy (non-hydrogen) atoms. The van der Waals surface area contributed by atoms with Crippen molar-refractivity contribution in [1.29, 1.82) is 5.26 Å². The maximum Gasteiger partial charge on any atom is 0.229 e. The van der Waals surface area contributed by atoms with Crippen molar-refractivity contribution in [2.45, 2.75) is 26.0 Å². The molecule has 9 heteroatoms. The zero-order valence-corrected chi connectivity index (χ0v) is 17.0. The van der Waals surface area contributed by atoms with Crippen LogP contribution in [0.4, 0.5) is 17.5 Å². The summed E-state index contributed by atoms with van der Waals surface area (Å²) in [7, 11) is 0. The standard InChI is InChI=1S/C18H19BrClN5O2/c1-10-7-22-18(23-13-4-12(8-26)16(19)14(20)5-13)25-17(10)24-15-9-27-3-2-11(15)6-21/h4-5,7,11,15,26H,2-3,8-9H2,1H3,(H2,22,23,24,25)/t11-,15+/m1/s1. The van der Waals surface area contributed by atoms with Crippen LogP contribution in [0.15, 0.2) is 22.8 Å². The lowest BCUT2D eigenvalue weighted by molar-refractivity contribution is 0.0698. The fourth-order valence-electron chi connectivity index (χ4n) is 2.82. The maximum absolute atomic E-state index is 9.45. The third-order valence-corrected chi connectivity index (χ3v) is 5.81. The van der Waals surface area contributed by atoms with Gasteiger partial charge in [-0.25, -0.2) is 4.98 Å². The van der Waals surface area contributed by atoms with Crippen molar-refractivity contribution < 1.29 is 9.84 Å². The van der Waals surface area contributed by atoms with Crippen LogP contribution in [0, 0.1) is 24.2 Å². The molecule has 2 atom stereocenters. The van der Waals surface area contributed by atoms with Gasteiger partial charge in [-0.1, -0.05) is 11.6 Å². The zero-order valence-electron chi connectivity index (χ0n) is 14.7. The van der Waals surface area contributed by atoms with E-state index in [1.807, 2.05) is 6.92 Å². The van der Waals surface area contributed by atoms with Crippen LogP contribution in [-0.4, -0.2) is 34.3 Å². The molecule has 142 valence electrons. The average Bonchev–Trinajstić information content (AvgIpc) is 2.67. The molecular weight excluding hydrogens is 434 g/mol. The van der Waals surface area contributed by atoms with Crippen LogP contribution < -0.4 is 10.6 Å². The number of aliphatic hydroxyl groups is 1. The van der Waals surface area contributed by atoms with Crippen molar-refractivity contribution >= 4 is 45.0 Å². The van der Waals surface area contributed by atoms with E-state index in [9.17, 15) is 10.4 Å². The number of anilines is 3. The first-order valence-corrected chi connectivity index (χ1v) is 9.62. The van der Waals surface area contributed by atoms with Gasteiger partial charge in [0.2, 0.25) is 5.95 Å². The van der Waals surface area contributed by atoms with Gasteiger partial charge in [0.15, 0.2) is 0 Å². The summed E-state index contributed by atoms with van der Waals surface area (Å²) in [6.45, 7) is 2.82. The van der Waals surface area contributed by atoms with E-state index < -0.39 is 0 Å². The Labute approximate surface area is 170 Å². The highest BCUT2D eigenvalue weighted by molar-refractivity contribution is 9.10. The molecule has 3 N–H and O–H groups in total.